The van der Waals surface area contributed by atoms with Crippen molar-refractivity contribution >= 4 is 5.97 Å². The van der Waals surface area contributed by atoms with Crippen molar-refractivity contribution in [2.45, 2.75) is 219 Å². The summed E-state index contributed by atoms with van der Waals surface area (Å²) in [5.41, 5.74) is -2.68. The van der Waals surface area contributed by atoms with Gasteiger partial charge in [0.05, 0.1) is 44.1 Å². The first-order valence-corrected chi connectivity index (χ1v) is 26.0. The molecule has 28 heteroatoms. The number of rotatable bonds is 15. The Hall–Kier alpha value is -1.83. The summed E-state index contributed by atoms with van der Waals surface area (Å²) >= 11 is 0. The van der Waals surface area contributed by atoms with E-state index in [4.69, 9.17) is 56.8 Å². The molecule has 4 aliphatic carbocycles. The van der Waals surface area contributed by atoms with E-state index in [1.54, 1.807) is 6.92 Å². The lowest BCUT2D eigenvalue weighted by Gasteiger charge is -2.64. The molecule has 13 unspecified atom stereocenters. The van der Waals surface area contributed by atoms with Crippen LogP contribution in [0, 0.1) is 28.1 Å². The van der Waals surface area contributed by atoms with Crippen LogP contribution in [0.1, 0.15) is 71.6 Å². The van der Waals surface area contributed by atoms with Gasteiger partial charge >= 0.3 is 5.97 Å². The largest absolute Gasteiger partial charge is 0.432 e. The fraction of sp³-hybridized carbons (Fsp3) is 0.938. The van der Waals surface area contributed by atoms with Crippen molar-refractivity contribution in [1.29, 1.82) is 0 Å². The fourth-order valence-electron chi connectivity index (χ4n) is 14.3. The minimum absolute atomic E-state index is 0.0454. The number of aliphatic hydroxyl groups excluding tert-OH is 15. The SMILES string of the molecule is C=C1C[C@@]23CC[C@H]4[C@@](C)(CCC[C@@]4(C)C(=O)O[C@@H]4OC(CO)[C@@H](O)C(O)C4O[C@@H]4OC(CO)[C@@H](O)OC4O)[C@@H]2CC[C@]1(O[C@@H]1OC(CO)[C@@H](O)C(O[C@@H]2OC(CO)[C@@H](O)OC2O)C1O[C@@H]1OC(CO)[C@@H](O)C(O)C1O)C3. The van der Waals surface area contributed by atoms with E-state index in [0.29, 0.717) is 63.4 Å². The smallest absolute Gasteiger partial charge is 0.314 e. The number of hydrogen-bond donors (Lipinski definition) is 15. The number of fused-ring (bicyclic) bond motifs is 3. The van der Waals surface area contributed by atoms with E-state index in [1.807, 2.05) is 0 Å². The van der Waals surface area contributed by atoms with Crippen LogP contribution >= 0.6 is 0 Å². The van der Waals surface area contributed by atoms with Gasteiger partial charge in [-0.25, -0.2) is 0 Å². The van der Waals surface area contributed by atoms with E-state index in [2.05, 4.69) is 13.5 Å². The molecule has 0 aromatic heterocycles. The predicted molar refractivity (Wildman–Crippen MR) is 242 cm³/mol. The summed E-state index contributed by atoms with van der Waals surface area (Å²) in [4.78, 5) is 14.9. The molecule has 15 N–H and O–H groups in total. The second-order valence-corrected chi connectivity index (χ2v) is 22.5. The molecule has 9 rings (SSSR count). The van der Waals surface area contributed by atoms with Crippen LogP contribution in [0.5, 0.6) is 0 Å². The third-order valence-electron chi connectivity index (χ3n) is 18.1. The summed E-state index contributed by atoms with van der Waals surface area (Å²) in [5, 5.41) is 158. The zero-order valence-electron chi connectivity index (χ0n) is 42.1. The molecule has 5 saturated heterocycles. The van der Waals surface area contributed by atoms with Crippen molar-refractivity contribution in [3.63, 3.8) is 0 Å². The number of esters is 1. The maximum atomic E-state index is 14.9. The highest BCUT2D eigenvalue weighted by Gasteiger charge is 2.70. The first kappa shape index (κ1) is 58.8. The normalized spacial score (nSPS) is 53.6. The van der Waals surface area contributed by atoms with Crippen molar-refractivity contribution in [1.82, 2.24) is 0 Å². The lowest BCUT2D eigenvalue weighted by Crippen LogP contribution is -2.67. The zero-order valence-corrected chi connectivity index (χ0v) is 42.1. The van der Waals surface area contributed by atoms with Crippen LogP contribution in [0.2, 0.25) is 0 Å². The van der Waals surface area contributed by atoms with Gasteiger partial charge in [0.2, 0.25) is 31.5 Å². The third-order valence-corrected chi connectivity index (χ3v) is 18.1. The molecular formula is C48H76O28. The molecule has 0 radical (unpaired) electrons. The van der Waals surface area contributed by atoms with E-state index < -0.39 is 203 Å². The third kappa shape index (κ3) is 10.3. The topological polar surface area (TPSA) is 431 Å². The molecule has 5 aliphatic heterocycles. The molecule has 76 heavy (non-hydrogen) atoms. The zero-order chi connectivity index (χ0) is 55.0. The van der Waals surface area contributed by atoms with Gasteiger partial charge in [-0.2, -0.15) is 0 Å². The van der Waals surface area contributed by atoms with E-state index >= 15 is 0 Å². The van der Waals surface area contributed by atoms with Gasteiger partial charge in [0.1, 0.15) is 79.4 Å². The number of ether oxygens (including phenoxy) is 12. The molecule has 436 valence electrons. The average Bonchev–Trinajstić information content (AvgIpc) is 3.69. The number of carbonyl (C=O) groups is 1. The van der Waals surface area contributed by atoms with E-state index in [-0.39, 0.29) is 11.8 Å². The second kappa shape index (κ2) is 22.8. The highest BCUT2D eigenvalue weighted by molar-refractivity contribution is 5.77. The fourth-order valence-corrected chi connectivity index (χ4v) is 14.3. The number of hydrogen-bond acceptors (Lipinski definition) is 28. The summed E-state index contributed by atoms with van der Waals surface area (Å²) in [5.74, 6) is -1.06. The number of carbonyl (C=O) groups excluding carboxylic acids is 1. The Kier molecular flexibility index (Phi) is 17.7. The maximum absolute atomic E-state index is 14.9. The molecule has 4 saturated carbocycles. The van der Waals surface area contributed by atoms with E-state index in [1.165, 1.54) is 0 Å². The van der Waals surface area contributed by atoms with Crippen molar-refractivity contribution in [2.75, 3.05) is 33.0 Å². The first-order valence-electron chi connectivity index (χ1n) is 26.0. The van der Waals surface area contributed by atoms with Crippen molar-refractivity contribution in [2.24, 2.45) is 28.1 Å². The maximum Gasteiger partial charge on any atom is 0.314 e. The molecule has 9 aliphatic rings. The van der Waals surface area contributed by atoms with Crippen molar-refractivity contribution in [3.8, 4) is 0 Å². The van der Waals surface area contributed by atoms with Crippen molar-refractivity contribution < 1.29 is 138 Å². The Balaban J connectivity index is 0.963. The quantitative estimate of drug-likeness (QED) is 0.0412. The summed E-state index contributed by atoms with van der Waals surface area (Å²) in [6, 6.07) is 0. The molecule has 0 aromatic carbocycles. The minimum atomic E-state index is -2.01. The Morgan fingerprint density at radius 2 is 1.01 bits per heavy atom. The molecule has 5 heterocycles. The van der Waals surface area contributed by atoms with Crippen LogP contribution in [0.4, 0.5) is 0 Å². The predicted octanol–water partition coefficient (Wildman–Crippen LogP) is -6.15. The number of aliphatic hydroxyl groups is 15. The van der Waals surface area contributed by atoms with Gasteiger partial charge in [-0.05, 0) is 86.5 Å². The Labute approximate surface area is 436 Å². The van der Waals surface area contributed by atoms with Gasteiger partial charge in [-0.3, -0.25) is 4.79 Å². The van der Waals surface area contributed by atoms with Gasteiger partial charge in [-0.15, -0.1) is 0 Å². The van der Waals surface area contributed by atoms with Crippen LogP contribution < -0.4 is 0 Å². The Bertz CT molecular complexity index is 2010. The summed E-state index contributed by atoms with van der Waals surface area (Å²) in [6.45, 7) is 4.51. The summed E-state index contributed by atoms with van der Waals surface area (Å²) in [6.07, 6.45) is -35.3. The van der Waals surface area contributed by atoms with Crippen LogP contribution in [0.3, 0.4) is 0 Å². The second-order valence-electron chi connectivity index (χ2n) is 22.5. The average molecular weight is 1100 g/mol. The molecule has 9 fully saturated rings. The molecule has 0 amide bonds. The molecular weight excluding hydrogens is 1020 g/mol. The van der Waals surface area contributed by atoms with Gasteiger partial charge in [0.25, 0.3) is 0 Å². The van der Waals surface area contributed by atoms with E-state index in [9.17, 15) is 81.4 Å². The summed E-state index contributed by atoms with van der Waals surface area (Å²) < 4.78 is 70.3. The molecule has 29 atom stereocenters. The molecule has 0 aromatic rings. The highest BCUT2D eigenvalue weighted by atomic mass is 16.8. The molecule has 1 spiro atoms. The van der Waals surface area contributed by atoms with Crippen LogP contribution in [0.25, 0.3) is 0 Å². The van der Waals surface area contributed by atoms with Gasteiger partial charge in [0, 0.05) is 0 Å². The van der Waals surface area contributed by atoms with Gasteiger partial charge in [-0.1, -0.05) is 19.9 Å². The summed E-state index contributed by atoms with van der Waals surface area (Å²) in [7, 11) is 0. The highest BCUT2D eigenvalue weighted by Crippen LogP contribution is 2.74. The molecule has 28 nitrogen and oxygen atoms in total. The first-order chi connectivity index (χ1) is 36.0. The monoisotopic (exact) mass is 1100 g/mol. The lowest BCUT2D eigenvalue weighted by atomic mass is 9.41. The van der Waals surface area contributed by atoms with E-state index in [0.717, 1.165) is 0 Å². The lowest BCUT2D eigenvalue weighted by molar-refractivity contribution is -0.425. The van der Waals surface area contributed by atoms with Gasteiger partial charge < -0.3 is 133 Å². The molecule has 2 bridgehead atoms. The standard InChI is InChI=1S/C48H76O28/c1-18-11-47-9-5-24-45(2,7-4-8-46(24,3)44(64)75-40-33(30(58)27(55)20(13-50)66-40)71-43-38(63)74-36(61)23(16-53)69-43)25(47)6-10-48(18,17-47)76-41-34(72-39-31(59)29(57)26(54)19(12-49)65-39)32(28(56)21(14-51)67-41)70-42-37(62)73-35(60)22(15-52)68-42/h19-43,49-63H,1,4-17H2,2-3H3/t19?,20?,21?,22?,23?,24-,25-,26+,27+,28+,29?,30?,31?,32?,33?,34?,35-,36-,37?,38?,39-,40-,41-,42-,43-,45+,46+,47+,48-/m0/s1. The Morgan fingerprint density at radius 3 is 1.61 bits per heavy atom. The van der Waals surface area contributed by atoms with Crippen LogP contribution in [-0.2, 0) is 61.6 Å². The van der Waals surface area contributed by atoms with Gasteiger partial charge in [0.15, 0.2) is 31.3 Å². The van der Waals surface area contributed by atoms with Crippen LogP contribution in [0.15, 0.2) is 12.2 Å². The Morgan fingerprint density at radius 1 is 0.513 bits per heavy atom. The van der Waals surface area contributed by atoms with Crippen molar-refractivity contribution in [3.05, 3.63) is 12.2 Å². The minimum Gasteiger partial charge on any atom is -0.432 e. The van der Waals surface area contributed by atoms with Crippen LogP contribution in [-0.4, -0.2) is 263 Å².